The van der Waals surface area contributed by atoms with Crippen LogP contribution in [0.5, 0.6) is 0 Å². The number of rotatable bonds is 4. The summed E-state index contributed by atoms with van der Waals surface area (Å²) in [6.07, 6.45) is 2.86. The molecule has 0 radical (unpaired) electrons. The molecule has 1 heterocycles. The molecule has 2 aromatic rings. The molecule has 0 unspecified atom stereocenters. The van der Waals surface area contributed by atoms with E-state index in [0.717, 1.165) is 17.7 Å². The third-order valence-corrected chi connectivity index (χ3v) is 3.23. The van der Waals surface area contributed by atoms with Crippen molar-refractivity contribution in [1.82, 2.24) is 9.78 Å². The van der Waals surface area contributed by atoms with Crippen molar-refractivity contribution in [2.45, 2.75) is 19.9 Å². The van der Waals surface area contributed by atoms with Crippen molar-refractivity contribution >= 4 is 17.3 Å². The zero-order valence-electron chi connectivity index (χ0n) is 10.9. The predicted octanol–water partition coefficient (Wildman–Crippen LogP) is 3.12. The van der Waals surface area contributed by atoms with E-state index in [1.54, 1.807) is 22.9 Å². The largest absolute Gasteiger partial charge is 0.379 e. The Morgan fingerprint density at radius 3 is 2.95 bits per heavy atom. The number of aryl methyl sites for hydroxylation is 2. The third-order valence-electron chi connectivity index (χ3n) is 2.92. The Morgan fingerprint density at radius 2 is 2.26 bits per heavy atom. The smallest absolute Gasteiger partial charge is 0.101 e. The van der Waals surface area contributed by atoms with Gasteiger partial charge in [-0.25, -0.2) is 0 Å². The number of hydrogen-bond acceptors (Lipinski definition) is 3. The number of benzene rings is 1. The van der Waals surface area contributed by atoms with E-state index in [1.165, 1.54) is 0 Å². The molecule has 19 heavy (non-hydrogen) atoms. The number of anilines is 1. The van der Waals surface area contributed by atoms with E-state index < -0.39 is 0 Å². The summed E-state index contributed by atoms with van der Waals surface area (Å²) >= 11 is 6.12. The van der Waals surface area contributed by atoms with E-state index >= 15 is 0 Å². The molecular formula is C14H15ClN4. The Balaban J connectivity index is 2.21. The van der Waals surface area contributed by atoms with Crippen LogP contribution in [0.4, 0.5) is 5.69 Å². The molecule has 5 heteroatoms. The Morgan fingerprint density at radius 1 is 1.47 bits per heavy atom. The number of aromatic nitrogens is 2. The zero-order chi connectivity index (χ0) is 13.8. The lowest BCUT2D eigenvalue weighted by Gasteiger charge is -2.09. The zero-order valence-corrected chi connectivity index (χ0v) is 11.7. The first kappa shape index (κ1) is 13.4. The normalized spacial score (nSPS) is 10.2. The van der Waals surface area contributed by atoms with Crippen molar-refractivity contribution in [2.75, 3.05) is 5.32 Å². The van der Waals surface area contributed by atoms with Gasteiger partial charge in [-0.1, -0.05) is 24.6 Å². The van der Waals surface area contributed by atoms with Crippen LogP contribution in [0.25, 0.3) is 0 Å². The minimum atomic E-state index is 0.550. The van der Waals surface area contributed by atoms with Gasteiger partial charge in [-0.15, -0.1) is 0 Å². The van der Waals surface area contributed by atoms with Crippen LogP contribution in [0.1, 0.15) is 23.7 Å². The van der Waals surface area contributed by atoms with Gasteiger partial charge < -0.3 is 5.32 Å². The van der Waals surface area contributed by atoms with Crippen molar-refractivity contribution in [1.29, 1.82) is 5.26 Å². The van der Waals surface area contributed by atoms with Gasteiger partial charge in [0.05, 0.1) is 22.0 Å². The monoisotopic (exact) mass is 274 g/mol. The van der Waals surface area contributed by atoms with E-state index in [2.05, 4.69) is 23.4 Å². The van der Waals surface area contributed by atoms with E-state index in [-0.39, 0.29) is 0 Å². The maximum absolute atomic E-state index is 9.08. The van der Waals surface area contributed by atoms with E-state index in [4.69, 9.17) is 16.9 Å². The van der Waals surface area contributed by atoms with Gasteiger partial charge in [-0.3, -0.25) is 4.68 Å². The highest BCUT2D eigenvalue weighted by Gasteiger charge is 2.09. The molecule has 1 aromatic heterocycles. The summed E-state index contributed by atoms with van der Waals surface area (Å²) < 4.78 is 1.80. The highest BCUT2D eigenvalue weighted by molar-refractivity contribution is 6.33. The molecule has 4 nitrogen and oxygen atoms in total. The quantitative estimate of drug-likeness (QED) is 0.932. The second-order valence-corrected chi connectivity index (χ2v) is 4.66. The van der Waals surface area contributed by atoms with Gasteiger partial charge in [0.25, 0.3) is 0 Å². The number of nitrogens with zero attached hydrogens (tertiary/aromatic N) is 3. The summed E-state index contributed by atoms with van der Waals surface area (Å²) in [7, 11) is 1.90. The summed E-state index contributed by atoms with van der Waals surface area (Å²) in [5, 5.41) is 17.3. The molecule has 0 fully saturated rings. The maximum atomic E-state index is 9.08. The molecular weight excluding hydrogens is 260 g/mol. The molecule has 0 aliphatic carbocycles. The molecule has 1 N–H and O–H groups in total. The molecule has 0 spiro atoms. The third kappa shape index (κ3) is 2.88. The van der Waals surface area contributed by atoms with Crippen molar-refractivity contribution in [3.8, 4) is 6.07 Å². The van der Waals surface area contributed by atoms with Crippen molar-refractivity contribution in [2.24, 2.45) is 7.05 Å². The first-order valence-electron chi connectivity index (χ1n) is 6.09. The number of para-hydroxylation sites is 1. The number of nitriles is 1. The molecule has 2 rings (SSSR count). The van der Waals surface area contributed by atoms with Crippen LogP contribution in [0.15, 0.2) is 24.4 Å². The van der Waals surface area contributed by atoms with E-state index in [0.29, 0.717) is 22.8 Å². The topological polar surface area (TPSA) is 53.6 Å². The van der Waals surface area contributed by atoms with Crippen molar-refractivity contribution in [3.63, 3.8) is 0 Å². The fourth-order valence-electron chi connectivity index (χ4n) is 2.01. The van der Waals surface area contributed by atoms with Crippen LogP contribution in [-0.4, -0.2) is 9.78 Å². The molecule has 0 atom stereocenters. The van der Waals surface area contributed by atoms with Crippen LogP contribution in [0.3, 0.4) is 0 Å². The summed E-state index contributed by atoms with van der Waals surface area (Å²) in [4.78, 5) is 0. The first-order valence-corrected chi connectivity index (χ1v) is 6.47. The van der Waals surface area contributed by atoms with Crippen LogP contribution < -0.4 is 5.32 Å². The average Bonchev–Trinajstić information content (AvgIpc) is 2.77. The van der Waals surface area contributed by atoms with E-state index in [1.807, 2.05) is 13.2 Å². The highest BCUT2D eigenvalue weighted by Crippen LogP contribution is 2.26. The Kier molecular flexibility index (Phi) is 4.08. The summed E-state index contributed by atoms with van der Waals surface area (Å²) in [6.45, 7) is 2.68. The lowest BCUT2D eigenvalue weighted by molar-refractivity contribution is 0.746. The lowest BCUT2D eigenvalue weighted by atomic mass is 10.1. The number of hydrogen-bond donors (Lipinski definition) is 1. The van der Waals surface area contributed by atoms with Gasteiger partial charge in [0.2, 0.25) is 0 Å². The van der Waals surface area contributed by atoms with Gasteiger partial charge in [-0.2, -0.15) is 10.4 Å². The second kappa shape index (κ2) is 5.77. The maximum Gasteiger partial charge on any atom is 0.101 e. The van der Waals surface area contributed by atoms with Crippen molar-refractivity contribution in [3.05, 3.63) is 46.2 Å². The molecule has 0 saturated carbocycles. The van der Waals surface area contributed by atoms with Crippen LogP contribution in [-0.2, 0) is 20.0 Å². The fraction of sp³-hybridized carbons (Fsp3) is 0.286. The van der Waals surface area contributed by atoms with Gasteiger partial charge in [-0.05, 0) is 18.6 Å². The standard InChI is InChI=1S/C14H15ClN4/c1-3-13-11(9-19(2)18-13)8-17-14-10(7-16)5-4-6-12(14)15/h4-6,9,17H,3,8H2,1-2H3. The molecule has 1 aromatic carbocycles. The highest BCUT2D eigenvalue weighted by atomic mass is 35.5. The van der Waals surface area contributed by atoms with Crippen molar-refractivity contribution < 1.29 is 0 Å². The Bertz CT molecular complexity index is 625. The predicted molar refractivity (Wildman–Crippen MR) is 76.1 cm³/mol. The Hall–Kier alpha value is -1.99. The molecule has 0 aliphatic heterocycles. The second-order valence-electron chi connectivity index (χ2n) is 4.26. The summed E-state index contributed by atoms with van der Waals surface area (Å²) in [6, 6.07) is 7.43. The van der Waals surface area contributed by atoms with Gasteiger partial charge >= 0.3 is 0 Å². The van der Waals surface area contributed by atoms with Crippen LogP contribution in [0.2, 0.25) is 5.02 Å². The summed E-state index contributed by atoms with van der Waals surface area (Å²) in [5.41, 5.74) is 3.40. The average molecular weight is 275 g/mol. The molecule has 98 valence electrons. The Labute approximate surface area is 117 Å². The van der Waals surface area contributed by atoms with Crippen LogP contribution in [0, 0.1) is 11.3 Å². The number of halogens is 1. The lowest BCUT2D eigenvalue weighted by Crippen LogP contribution is -2.03. The molecule has 0 amide bonds. The minimum Gasteiger partial charge on any atom is -0.379 e. The fourth-order valence-corrected chi connectivity index (χ4v) is 2.25. The van der Waals surface area contributed by atoms with Gasteiger partial charge in [0.1, 0.15) is 6.07 Å². The number of nitrogens with one attached hydrogen (secondary N) is 1. The first-order chi connectivity index (χ1) is 9.15. The van der Waals surface area contributed by atoms with Gasteiger partial charge in [0, 0.05) is 25.4 Å². The molecule has 0 bridgehead atoms. The molecule has 0 saturated heterocycles. The van der Waals surface area contributed by atoms with Gasteiger partial charge in [0.15, 0.2) is 0 Å². The van der Waals surface area contributed by atoms with Crippen LogP contribution >= 0.6 is 11.6 Å². The SMILES string of the molecule is CCc1nn(C)cc1CNc1c(Cl)cccc1C#N. The summed E-state index contributed by atoms with van der Waals surface area (Å²) in [5.74, 6) is 0. The minimum absolute atomic E-state index is 0.550. The molecule has 0 aliphatic rings. The van der Waals surface area contributed by atoms with E-state index in [9.17, 15) is 0 Å².